The van der Waals surface area contributed by atoms with Crippen molar-refractivity contribution >= 4 is 81.8 Å². The van der Waals surface area contributed by atoms with Gasteiger partial charge in [0, 0.05) is 0 Å². The van der Waals surface area contributed by atoms with Crippen LogP contribution in [0.3, 0.4) is 0 Å². The Balaban J connectivity index is 2.14. The van der Waals surface area contributed by atoms with Crippen LogP contribution >= 0.6 is 10.7 Å². The lowest BCUT2D eigenvalue weighted by Crippen LogP contribution is -2.58. The lowest BCUT2D eigenvalue weighted by molar-refractivity contribution is 0.287. The fourth-order valence-electron chi connectivity index (χ4n) is 2.95. The summed E-state index contributed by atoms with van der Waals surface area (Å²) in [6, 6.07) is 0. The van der Waals surface area contributed by atoms with Crippen molar-refractivity contribution in [3.63, 3.8) is 0 Å². The summed E-state index contributed by atoms with van der Waals surface area (Å²) < 4.78 is 49.5. The maximum Gasteiger partial charge on any atom is 0.383 e. The van der Waals surface area contributed by atoms with E-state index in [-0.39, 0.29) is 0 Å². The molecule has 4 atom stereocenters. The number of rotatable bonds is 2. The molecule has 2 saturated heterocycles. The van der Waals surface area contributed by atoms with E-state index in [1.165, 1.54) is 0 Å². The van der Waals surface area contributed by atoms with Crippen LogP contribution in [0, 0.1) is 0 Å². The molecular formula is C8H30O8SSi8. The van der Waals surface area contributed by atoms with Crippen LogP contribution in [0.2, 0.25) is 52.4 Å². The van der Waals surface area contributed by atoms with Crippen LogP contribution in [-0.2, 0) is 32.9 Å². The van der Waals surface area contributed by atoms with Crippen LogP contribution in [0.5, 0.6) is 0 Å². The standard InChI is InChI=1S/C8H30O8SSi8/c1-18-9-20(3)13-24(7,14-21(4)10-18)17-25(8)15-22(5)11-19(2)12-23(6)16-25/h18-23H,1-8H3. The van der Waals surface area contributed by atoms with E-state index >= 15 is 0 Å². The molecule has 17 heteroatoms. The molecule has 0 aromatic heterocycles. The molecule has 0 aromatic rings. The SMILES string of the molecule is C[SiH]1O[SiH](C)O[Si](C)(S[Si]2(C)O[SiH](C)O[SiH](C)O[SiH](C)O2)O[SiH](C)O1. The summed E-state index contributed by atoms with van der Waals surface area (Å²) in [7, 11) is -13.9. The molecule has 0 N–H and O–H groups in total. The van der Waals surface area contributed by atoms with E-state index in [4.69, 9.17) is 32.9 Å². The molecule has 0 amide bonds. The summed E-state index contributed by atoms with van der Waals surface area (Å²) in [5.41, 5.74) is 0. The highest BCUT2D eigenvalue weighted by atomic mass is 32.5. The van der Waals surface area contributed by atoms with Gasteiger partial charge in [-0.1, -0.05) is 10.7 Å². The molecule has 2 rings (SSSR count). The molecule has 0 spiro atoms. The van der Waals surface area contributed by atoms with Crippen LogP contribution < -0.4 is 0 Å². The number of hydrogen-bond acceptors (Lipinski definition) is 9. The van der Waals surface area contributed by atoms with Gasteiger partial charge >= 0.3 is 52.6 Å². The molecule has 0 aromatic carbocycles. The smallest absolute Gasteiger partial charge is 0.383 e. The minimum atomic E-state index is -2.58. The lowest BCUT2D eigenvalue weighted by Gasteiger charge is -2.42. The third-order valence-electron chi connectivity index (χ3n) is 3.42. The molecule has 25 heavy (non-hydrogen) atoms. The second-order valence-corrected chi connectivity index (χ2v) is 31.7. The number of hydrogen-bond donors (Lipinski definition) is 0. The van der Waals surface area contributed by atoms with Crippen LogP contribution in [0.4, 0.5) is 0 Å². The van der Waals surface area contributed by atoms with Crippen LogP contribution in [0.1, 0.15) is 0 Å². The normalized spacial score (nSPS) is 50.4. The van der Waals surface area contributed by atoms with Crippen molar-refractivity contribution < 1.29 is 32.9 Å². The Morgan fingerprint density at radius 3 is 0.960 bits per heavy atom. The molecular weight excluding hydrogens is 481 g/mol. The molecule has 0 saturated carbocycles. The summed E-state index contributed by atoms with van der Waals surface area (Å²) in [5.74, 6) is 0. The topological polar surface area (TPSA) is 73.8 Å². The van der Waals surface area contributed by atoms with Crippen molar-refractivity contribution in [2.75, 3.05) is 0 Å². The first-order valence-corrected chi connectivity index (χ1v) is 28.0. The van der Waals surface area contributed by atoms with Crippen LogP contribution in [-0.4, -0.2) is 71.1 Å². The van der Waals surface area contributed by atoms with Gasteiger partial charge in [0.1, 0.15) is 0 Å². The Morgan fingerprint density at radius 2 is 0.720 bits per heavy atom. The zero-order valence-electron chi connectivity index (χ0n) is 16.1. The average molecular weight is 511 g/mol. The van der Waals surface area contributed by atoms with Crippen LogP contribution in [0.25, 0.3) is 0 Å². The fourth-order valence-corrected chi connectivity index (χ4v) is 48.6. The Bertz CT molecular complexity index is 386. The zero-order valence-corrected chi connectivity index (χ0v) is 25.9. The molecule has 0 bridgehead atoms. The molecule has 2 aliphatic rings. The fraction of sp³-hybridized carbons (Fsp3) is 1.00. The van der Waals surface area contributed by atoms with Gasteiger partial charge in [0.2, 0.25) is 0 Å². The van der Waals surface area contributed by atoms with Gasteiger partial charge in [0.15, 0.2) is 0 Å². The molecule has 0 aliphatic carbocycles. The minimum absolute atomic E-state index is 1.63. The molecule has 2 heterocycles. The van der Waals surface area contributed by atoms with Crippen molar-refractivity contribution in [3.8, 4) is 0 Å². The van der Waals surface area contributed by atoms with Gasteiger partial charge in [0.25, 0.3) is 18.6 Å². The predicted octanol–water partition coefficient (Wildman–Crippen LogP) is 0.119. The second-order valence-electron chi connectivity index (χ2n) is 6.25. The van der Waals surface area contributed by atoms with Crippen molar-refractivity contribution in [1.82, 2.24) is 0 Å². The summed E-state index contributed by atoms with van der Waals surface area (Å²) in [6.45, 7) is 16.4. The first kappa shape index (κ1) is 23.0. The van der Waals surface area contributed by atoms with Crippen molar-refractivity contribution in [3.05, 3.63) is 0 Å². The van der Waals surface area contributed by atoms with E-state index in [0.29, 0.717) is 0 Å². The Kier molecular flexibility index (Phi) is 8.77. The highest BCUT2D eigenvalue weighted by molar-refractivity contribution is 8.48. The van der Waals surface area contributed by atoms with E-state index in [1.807, 2.05) is 39.3 Å². The predicted molar refractivity (Wildman–Crippen MR) is 118 cm³/mol. The summed E-state index contributed by atoms with van der Waals surface area (Å²) >= 11 is 0. The first-order chi connectivity index (χ1) is 11.5. The highest BCUT2D eigenvalue weighted by Crippen LogP contribution is 2.37. The molecule has 2 aliphatic heterocycles. The van der Waals surface area contributed by atoms with Crippen LogP contribution in [0.15, 0.2) is 0 Å². The molecule has 148 valence electrons. The Morgan fingerprint density at radius 1 is 0.480 bits per heavy atom. The van der Waals surface area contributed by atoms with Gasteiger partial charge < -0.3 is 32.9 Å². The second kappa shape index (κ2) is 9.51. The van der Waals surface area contributed by atoms with Gasteiger partial charge in [-0.25, -0.2) is 0 Å². The summed E-state index contributed by atoms with van der Waals surface area (Å²) in [5, 5.41) is 0. The van der Waals surface area contributed by atoms with Crippen molar-refractivity contribution in [2.45, 2.75) is 52.4 Å². The van der Waals surface area contributed by atoms with E-state index in [9.17, 15) is 0 Å². The van der Waals surface area contributed by atoms with Crippen molar-refractivity contribution in [1.29, 1.82) is 0 Å². The monoisotopic (exact) mass is 510 g/mol. The highest BCUT2D eigenvalue weighted by Gasteiger charge is 2.51. The minimum Gasteiger partial charge on any atom is -0.420 e. The summed E-state index contributed by atoms with van der Waals surface area (Å²) in [6.07, 6.45) is 0. The molecule has 2 fully saturated rings. The van der Waals surface area contributed by atoms with E-state index in [2.05, 4.69) is 13.1 Å². The maximum absolute atomic E-state index is 6.37. The van der Waals surface area contributed by atoms with Gasteiger partial charge in [-0.05, 0) is 52.4 Å². The lowest BCUT2D eigenvalue weighted by atomic mass is 11.9. The Hall–Kier alpha value is 1.77. The third-order valence-corrected chi connectivity index (χ3v) is 41.0. The Labute approximate surface area is 166 Å². The molecule has 0 radical (unpaired) electrons. The van der Waals surface area contributed by atoms with Gasteiger partial charge in [-0.3, -0.25) is 0 Å². The first-order valence-electron chi connectivity index (χ1n) is 8.52. The zero-order chi connectivity index (χ0) is 18.8. The van der Waals surface area contributed by atoms with E-state index in [1.54, 1.807) is 10.7 Å². The van der Waals surface area contributed by atoms with Crippen molar-refractivity contribution in [2.24, 2.45) is 0 Å². The molecule has 8 nitrogen and oxygen atoms in total. The van der Waals surface area contributed by atoms with Gasteiger partial charge in [-0.15, -0.1) is 0 Å². The third kappa shape index (κ3) is 7.60. The summed E-state index contributed by atoms with van der Waals surface area (Å²) in [4.78, 5) is 0. The van der Waals surface area contributed by atoms with Gasteiger partial charge in [-0.2, -0.15) is 0 Å². The van der Waals surface area contributed by atoms with Gasteiger partial charge in [0.05, 0.1) is 0 Å². The van der Waals surface area contributed by atoms with E-state index < -0.39 is 71.1 Å². The maximum atomic E-state index is 6.37. The average Bonchev–Trinajstić information content (AvgIpc) is 2.31. The molecule has 4 unspecified atom stereocenters. The van der Waals surface area contributed by atoms with E-state index in [0.717, 1.165) is 0 Å². The largest absolute Gasteiger partial charge is 0.420 e. The quantitative estimate of drug-likeness (QED) is 0.481.